The lowest BCUT2D eigenvalue weighted by Crippen LogP contribution is -2.50. The van der Waals surface area contributed by atoms with E-state index in [1.54, 1.807) is 0 Å². The van der Waals surface area contributed by atoms with Crippen LogP contribution in [0, 0.1) is 0 Å². The van der Waals surface area contributed by atoms with Crippen molar-refractivity contribution in [2.24, 2.45) is 5.73 Å². The zero-order valence-corrected chi connectivity index (χ0v) is 14.0. The number of hydrogen-bond donors (Lipinski definition) is 1. The number of rotatable bonds is 7. The number of nitrogens with zero attached hydrogens (tertiary/aromatic N) is 2. The molecule has 2 rings (SSSR count). The quantitative estimate of drug-likeness (QED) is 0.743. The number of amides is 3. The van der Waals surface area contributed by atoms with Gasteiger partial charge < -0.3 is 5.73 Å². The van der Waals surface area contributed by atoms with Crippen LogP contribution >= 0.6 is 11.9 Å². The van der Waals surface area contributed by atoms with Crippen LogP contribution in [0.15, 0.2) is 30.3 Å². The minimum absolute atomic E-state index is 0.548. The molecule has 0 bridgehead atoms. The maximum atomic E-state index is 12.7. The zero-order chi connectivity index (χ0) is 17.5. The van der Waals surface area contributed by atoms with E-state index in [0.717, 1.165) is 12.0 Å². The summed E-state index contributed by atoms with van der Waals surface area (Å²) < 4.78 is 14.6. The SMILES string of the molecule is NC(=O)CN(C(=O)CF)C(=O)[C@@H]1CCCN1SCc1ccccc1. The van der Waals surface area contributed by atoms with Gasteiger partial charge in [0.05, 0.1) is 6.04 Å². The molecule has 1 aliphatic heterocycles. The van der Waals surface area contributed by atoms with Crippen molar-refractivity contribution in [2.45, 2.75) is 24.6 Å². The Morgan fingerprint density at radius 1 is 1.29 bits per heavy atom. The summed E-state index contributed by atoms with van der Waals surface area (Å²) in [5.41, 5.74) is 6.19. The van der Waals surface area contributed by atoms with Gasteiger partial charge in [-0.15, -0.1) is 0 Å². The van der Waals surface area contributed by atoms with E-state index in [1.165, 1.54) is 11.9 Å². The van der Waals surface area contributed by atoms with E-state index in [0.29, 0.717) is 23.6 Å². The van der Waals surface area contributed by atoms with E-state index in [-0.39, 0.29) is 0 Å². The van der Waals surface area contributed by atoms with E-state index in [1.807, 2.05) is 34.6 Å². The summed E-state index contributed by atoms with van der Waals surface area (Å²) in [4.78, 5) is 35.9. The monoisotopic (exact) mass is 353 g/mol. The summed E-state index contributed by atoms with van der Waals surface area (Å²) in [7, 11) is 0. The van der Waals surface area contributed by atoms with Crippen molar-refractivity contribution in [1.82, 2.24) is 9.21 Å². The first-order chi connectivity index (χ1) is 11.5. The lowest BCUT2D eigenvalue weighted by Gasteiger charge is -2.27. The Balaban J connectivity index is 2.02. The molecule has 1 aromatic carbocycles. The Morgan fingerprint density at radius 3 is 2.62 bits per heavy atom. The van der Waals surface area contributed by atoms with Crippen LogP contribution < -0.4 is 5.73 Å². The highest BCUT2D eigenvalue weighted by Gasteiger charge is 2.36. The minimum Gasteiger partial charge on any atom is -0.368 e. The van der Waals surface area contributed by atoms with Crippen molar-refractivity contribution in [1.29, 1.82) is 0 Å². The second-order valence-electron chi connectivity index (χ2n) is 5.48. The van der Waals surface area contributed by atoms with Crippen LogP contribution in [0.4, 0.5) is 4.39 Å². The van der Waals surface area contributed by atoms with Crippen molar-refractivity contribution in [3.05, 3.63) is 35.9 Å². The van der Waals surface area contributed by atoms with Gasteiger partial charge in [-0.05, 0) is 18.4 Å². The van der Waals surface area contributed by atoms with Gasteiger partial charge in [-0.2, -0.15) is 0 Å². The standard InChI is InChI=1S/C16H20FN3O3S/c17-9-15(22)19(10-14(18)21)16(23)13-7-4-8-20(13)24-11-12-5-2-1-3-6-12/h1-3,5-6,13H,4,7-11H2,(H2,18,21)/t13-/m0/s1. The average Bonchev–Trinajstić information content (AvgIpc) is 3.06. The summed E-state index contributed by atoms with van der Waals surface area (Å²) in [6.45, 7) is -1.22. The lowest BCUT2D eigenvalue weighted by molar-refractivity contribution is -0.149. The molecule has 0 saturated carbocycles. The van der Waals surface area contributed by atoms with Crippen molar-refractivity contribution < 1.29 is 18.8 Å². The van der Waals surface area contributed by atoms with Gasteiger partial charge in [0.25, 0.3) is 5.91 Å². The second kappa shape index (κ2) is 8.79. The van der Waals surface area contributed by atoms with Crippen molar-refractivity contribution in [2.75, 3.05) is 19.8 Å². The predicted molar refractivity (Wildman–Crippen MR) is 89.4 cm³/mol. The smallest absolute Gasteiger partial charge is 0.261 e. The molecule has 1 aliphatic rings. The summed E-state index contributed by atoms with van der Waals surface area (Å²) >= 11 is 1.49. The number of alkyl halides is 1. The highest BCUT2D eigenvalue weighted by molar-refractivity contribution is 7.96. The maximum Gasteiger partial charge on any atom is 0.261 e. The number of imide groups is 1. The molecular weight excluding hydrogens is 333 g/mol. The minimum atomic E-state index is -1.33. The molecule has 24 heavy (non-hydrogen) atoms. The lowest BCUT2D eigenvalue weighted by atomic mass is 10.2. The van der Waals surface area contributed by atoms with E-state index >= 15 is 0 Å². The molecule has 8 heteroatoms. The highest BCUT2D eigenvalue weighted by atomic mass is 32.2. The van der Waals surface area contributed by atoms with E-state index in [2.05, 4.69) is 0 Å². The molecule has 0 spiro atoms. The summed E-state index contributed by atoms with van der Waals surface area (Å²) in [5, 5.41) is 0. The van der Waals surface area contributed by atoms with Gasteiger partial charge in [0.1, 0.15) is 6.54 Å². The molecule has 0 radical (unpaired) electrons. The van der Waals surface area contributed by atoms with Gasteiger partial charge in [-0.3, -0.25) is 19.3 Å². The third-order valence-electron chi connectivity index (χ3n) is 3.72. The van der Waals surface area contributed by atoms with Gasteiger partial charge in [0.15, 0.2) is 6.67 Å². The van der Waals surface area contributed by atoms with E-state index < -0.39 is 37.0 Å². The first-order valence-corrected chi connectivity index (χ1v) is 8.59. The first kappa shape index (κ1) is 18.4. The van der Waals surface area contributed by atoms with E-state index in [4.69, 9.17) is 5.73 Å². The van der Waals surface area contributed by atoms with Crippen LogP contribution in [0.2, 0.25) is 0 Å². The summed E-state index contributed by atoms with van der Waals surface area (Å²) in [5.74, 6) is -1.74. The molecule has 3 amide bonds. The molecule has 0 aromatic heterocycles. The molecular formula is C16H20FN3O3S. The van der Waals surface area contributed by atoms with Gasteiger partial charge in [0, 0.05) is 12.3 Å². The number of benzene rings is 1. The molecule has 1 fully saturated rings. The van der Waals surface area contributed by atoms with E-state index in [9.17, 15) is 18.8 Å². The normalized spacial score (nSPS) is 17.6. The van der Waals surface area contributed by atoms with Crippen molar-refractivity contribution in [3.63, 3.8) is 0 Å². The fraction of sp³-hybridized carbons (Fsp3) is 0.438. The fourth-order valence-corrected chi connectivity index (χ4v) is 3.71. The summed E-state index contributed by atoms with van der Waals surface area (Å²) in [6.07, 6.45) is 1.36. The maximum absolute atomic E-state index is 12.7. The number of carbonyl (C=O) groups is 3. The fourth-order valence-electron chi connectivity index (χ4n) is 2.57. The van der Waals surface area contributed by atoms with Crippen LogP contribution in [0.3, 0.4) is 0 Å². The second-order valence-corrected chi connectivity index (χ2v) is 6.49. The Hall–Kier alpha value is -1.93. The highest BCUT2D eigenvalue weighted by Crippen LogP contribution is 2.29. The van der Waals surface area contributed by atoms with Crippen molar-refractivity contribution >= 4 is 29.7 Å². The topological polar surface area (TPSA) is 83.7 Å². The molecule has 1 aromatic rings. The number of carbonyl (C=O) groups excluding carboxylic acids is 3. The van der Waals surface area contributed by atoms with Crippen LogP contribution in [-0.2, 0) is 20.1 Å². The first-order valence-electron chi connectivity index (χ1n) is 7.65. The third-order valence-corrected chi connectivity index (χ3v) is 4.96. The summed E-state index contributed by atoms with van der Waals surface area (Å²) in [6, 6.07) is 9.25. The van der Waals surface area contributed by atoms with Crippen LogP contribution in [-0.4, -0.2) is 52.7 Å². The molecule has 6 nitrogen and oxygen atoms in total. The number of nitrogens with two attached hydrogens (primary N) is 1. The molecule has 1 saturated heterocycles. The molecule has 0 aliphatic carbocycles. The average molecular weight is 353 g/mol. The largest absolute Gasteiger partial charge is 0.368 e. The van der Waals surface area contributed by atoms with Crippen LogP contribution in [0.5, 0.6) is 0 Å². The van der Waals surface area contributed by atoms with Gasteiger partial charge >= 0.3 is 0 Å². The third kappa shape index (κ3) is 4.78. The number of halogens is 1. The zero-order valence-electron chi connectivity index (χ0n) is 13.2. The molecule has 1 atom stereocenters. The molecule has 130 valence electrons. The van der Waals surface area contributed by atoms with Crippen LogP contribution in [0.1, 0.15) is 18.4 Å². The van der Waals surface area contributed by atoms with Crippen LogP contribution in [0.25, 0.3) is 0 Å². The Bertz CT molecular complexity index is 599. The Kier molecular flexibility index (Phi) is 6.74. The van der Waals surface area contributed by atoms with Gasteiger partial charge in [-0.1, -0.05) is 42.3 Å². The Labute approximate surface area is 144 Å². The predicted octanol–water partition coefficient (Wildman–Crippen LogP) is 1.11. The number of hydrogen-bond acceptors (Lipinski definition) is 5. The Morgan fingerprint density at radius 2 is 2.00 bits per heavy atom. The van der Waals surface area contributed by atoms with Crippen molar-refractivity contribution in [3.8, 4) is 0 Å². The van der Waals surface area contributed by atoms with Gasteiger partial charge in [-0.25, -0.2) is 8.70 Å². The van der Waals surface area contributed by atoms with Gasteiger partial charge in [0.2, 0.25) is 11.8 Å². The molecule has 0 unspecified atom stereocenters. The molecule has 1 heterocycles. The molecule has 2 N–H and O–H groups in total. The number of primary amides is 1.